The second-order valence-corrected chi connectivity index (χ2v) is 11.9. The van der Waals surface area contributed by atoms with Gasteiger partial charge < -0.3 is 24.3 Å². The number of nitrogens with zero attached hydrogens (tertiary/aromatic N) is 7. The maximum absolute atomic E-state index is 16.6. The van der Waals surface area contributed by atoms with Crippen LogP contribution in [0, 0.1) is 5.82 Å². The number of aromatic amines is 1. The Hall–Kier alpha value is -5.85. The Kier molecular flexibility index (Phi) is 8.88. The Morgan fingerprint density at radius 2 is 1.90 bits per heavy atom. The van der Waals surface area contributed by atoms with Gasteiger partial charge in [0, 0.05) is 75.2 Å². The average molecular weight is 665 g/mol. The first-order valence-corrected chi connectivity index (χ1v) is 16.1. The van der Waals surface area contributed by atoms with E-state index >= 15 is 4.39 Å². The Labute approximate surface area is 283 Å². The number of H-pyrrole nitrogens is 1. The molecular weight excluding hydrogens is 627 g/mol. The summed E-state index contributed by atoms with van der Waals surface area (Å²) in [5, 5.41) is 8.26. The lowest BCUT2D eigenvalue weighted by Crippen LogP contribution is -2.36. The SMILES string of the molecule is COc1cccc(C2=CCN(C(=O)c3cc4c(-c5cnccc5OC)cc(C5=CCCN(C(=O)CCn6ccnn6)C5)c(F)c4[nH]3)CC2)n1.[HH]. The average Bonchev–Trinajstić information content (AvgIpc) is 3.85. The van der Waals surface area contributed by atoms with E-state index in [1.54, 1.807) is 77.8 Å². The van der Waals surface area contributed by atoms with Crippen molar-refractivity contribution in [3.05, 3.63) is 96.1 Å². The first-order chi connectivity index (χ1) is 23.9. The van der Waals surface area contributed by atoms with E-state index in [2.05, 4.69) is 25.3 Å². The summed E-state index contributed by atoms with van der Waals surface area (Å²) in [5.74, 6) is 0.310. The highest BCUT2D eigenvalue weighted by Gasteiger charge is 2.27. The van der Waals surface area contributed by atoms with Crippen molar-refractivity contribution >= 4 is 33.9 Å². The van der Waals surface area contributed by atoms with Crippen LogP contribution in [-0.4, -0.2) is 92.0 Å². The molecule has 49 heavy (non-hydrogen) atoms. The predicted molar refractivity (Wildman–Crippen MR) is 183 cm³/mol. The number of aryl methyl sites for hydroxylation is 1. The lowest BCUT2D eigenvalue weighted by molar-refractivity contribution is -0.131. The minimum atomic E-state index is -0.492. The Balaban J connectivity index is 0.00000432. The van der Waals surface area contributed by atoms with Gasteiger partial charge in [-0.1, -0.05) is 23.4 Å². The van der Waals surface area contributed by atoms with Crippen LogP contribution in [0.25, 0.3) is 33.2 Å². The van der Waals surface area contributed by atoms with Crippen LogP contribution < -0.4 is 9.47 Å². The number of halogens is 1. The van der Waals surface area contributed by atoms with E-state index in [4.69, 9.17) is 9.47 Å². The molecular formula is C36H37FN8O4. The summed E-state index contributed by atoms with van der Waals surface area (Å²) in [6, 6.07) is 10.8. The quantitative estimate of drug-likeness (QED) is 0.226. The van der Waals surface area contributed by atoms with Gasteiger partial charge in [-0.15, -0.1) is 5.10 Å². The molecule has 0 bridgehead atoms. The fraction of sp³-hybridized carbons (Fsp3) is 0.278. The van der Waals surface area contributed by atoms with Crippen LogP contribution in [0.1, 0.15) is 42.4 Å². The zero-order valence-electron chi connectivity index (χ0n) is 27.2. The lowest BCUT2D eigenvalue weighted by Gasteiger charge is -2.28. The summed E-state index contributed by atoms with van der Waals surface area (Å²) in [6.45, 7) is 2.05. The molecule has 0 aliphatic carbocycles. The molecule has 0 unspecified atom stereocenters. The molecule has 0 radical (unpaired) electrons. The van der Waals surface area contributed by atoms with Crippen LogP contribution in [0.2, 0.25) is 0 Å². The van der Waals surface area contributed by atoms with Crippen molar-refractivity contribution in [1.82, 2.24) is 39.7 Å². The third kappa shape index (κ3) is 6.39. The maximum Gasteiger partial charge on any atom is 0.270 e. The molecule has 0 atom stereocenters. The molecule has 4 aromatic heterocycles. The number of carbonyl (C=O) groups excluding carboxylic acids is 2. The van der Waals surface area contributed by atoms with Gasteiger partial charge in [-0.3, -0.25) is 19.3 Å². The molecule has 13 heteroatoms. The number of hydrogen-bond donors (Lipinski definition) is 1. The van der Waals surface area contributed by atoms with Crippen molar-refractivity contribution < 1.29 is 24.9 Å². The van der Waals surface area contributed by atoms with Crippen LogP contribution >= 0.6 is 0 Å². The highest BCUT2D eigenvalue weighted by Crippen LogP contribution is 2.40. The topological polar surface area (TPSA) is 131 Å². The zero-order chi connectivity index (χ0) is 33.9. The van der Waals surface area contributed by atoms with Gasteiger partial charge in [-0.2, -0.15) is 0 Å². The molecule has 2 amide bonds. The van der Waals surface area contributed by atoms with E-state index in [1.807, 2.05) is 24.3 Å². The monoisotopic (exact) mass is 664 g/mol. The molecule has 0 spiro atoms. The summed E-state index contributed by atoms with van der Waals surface area (Å²) in [6.07, 6.45) is 12.0. The summed E-state index contributed by atoms with van der Waals surface area (Å²) in [5.41, 5.74) is 4.67. The summed E-state index contributed by atoms with van der Waals surface area (Å²) in [7, 11) is 3.15. The fourth-order valence-corrected chi connectivity index (χ4v) is 6.43. The number of nitrogens with one attached hydrogen (secondary N) is 1. The van der Waals surface area contributed by atoms with Gasteiger partial charge in [-0.05, 0) is 53.8 Å². The second-order valence-electron chi connectivity index (χ2n) is 11.9. The predicted octanol–water partition coefficient (Wildman–Crippen LogP) is 5.25. The largest absolute Gasteiger partial charge is 0.496 e. The minimum absolute atomic E-state index is 0. The van der Waals surface area contributed by atoms with E-state index in [0.29, 0.717) is 78.3 Å². The van der Waals surface area contributed by atoms with Crippen molar-refractivity contribution in [2.24, 2.45) is 0 Å². The lowest BCUT2D eigenvalue weighted by atomic mass is 9.93. The molecule has 7 rings (SSSR count). The van der Waals surface area contributed by atoms with Gasteiger partial charge in [0.2, 0.25) is 11.8 Å². The number of methoxy groups -OCH3 is 2. The third-order valence-electron chi connectivity index (χ3n) is 9.01. The molecule has 1 aromatic carbocycles. The van der Waals surface area contributed by atoms with Crippen molar-refractivity contribution in [2.75, 3.05) is 40.4 Å². The van der Waals surface area contributed by atoms with Crippen molar-refractivity contribution in [1.29, 1.82) is 0 Å². The molecule has 2 aliphatic rings. The molecule has 2 aliphatic heterocycles. The summed E-state index contributed by atoms with van der Waals surface area (Å²) in [4.78, 5) is 42.4. The van der Waals surface area contributed by atoms with Gasteiger partial charge in [0.15, 0.2) is 5.82 Å². The molecule has 5 aromatic rings. The van der Waals surface area contributed by atoms with Crippen LogP contribution in [0.4, 0.5) is 4.39 Å². The van der Waals surface area contributed by atoms with Crippen molar-refractivity contribution in [2.45, 2.75) is 25.8 Å². The van der Waals surface area contributed by atoms with E-state index in [1.165, 1.54) is 0 Å². The number of benzene rings is 1. The third-order valence-corrected chi connectivity index (χ3v) is 9.01. The number of pyridine rings is 2. The molecule has 0 saturated heterocycles. The number of amides is 2. The van der Waals surface area contributed by atoms with Crippen LogP contribution in [-0.2, 0) is 11.3 Å². The van der Waals surface area contributed by atoms with Gasteiger partial charge in [0.1, 0.15) is 11.4 Å². The van der Waals surface area contributed by atoms with Crippen molar-refractivity contribution in [3.63, 3.8) is 0 Å². The number of rotatable bonds is 9. The molecule has 1 N–H and O–H groups in total. The Bertz CT molecular complexity index is 2090. The standard InChI is InChI=1S/C36H35FN8O4.H2/c1-48-31-8-12-38-21-28(31)26-19-25(24-5-4-14-44(22-24)33(46)11-17-45-18-13-39-42-45)34(37)35-27(26)20-30(41-35)36(47)43-15-9-23(10-16-43)29-6-3-7-32(40-29)49-2;/h3,5-9,12-13,18-21,41H,4,10-11,14-17,22H2,1-2H3;1H. The van der Waals surface area contributed by atoms with E-state index < -0.39 is 5.82 Å². The number of ether oxygens (including phenoxy) is 2. The second kappa shape index (κ2) is 13.7. The highest BCUT2D eigenvalue weighted by molar-refractivity contribution is 6.05. The van der Waals surface area contributed by atoms with Gasteiger partial charge in [0.25, 0.3) is 5.91 Å². The Morgan fingerprint density at radius 3 is 2.67 bits per heavy atom. The van der Waals surface area contributed by atoms with Crippen LogP contribution in [0.15, 0.2) is 73.3 Å². The molecule has 6 heterocycles. The number of aromatic nitrogens is 6. The van der Waals surface area contributed by atoms with Gasteiger partial charge in [-0.25, -0.2) is 9.37 Å². The van der Waals surface area contributed by atoms with Crippen molar-refractivity contribution in [3.8, 4) is 22.8 Å². The highest BCUT2D eigenvalue weighted by atomic mass is 19.1. The minimum Gasteiger partial charge on any atom is -0.496 e. The van der Waals surface area contributed by atoms with E-state index in [9.17, 15) is 9.59 Å². The number of hydrogen-bond acceptors (Lipinski definition) is 8. The molecule has 0 fully saturated rings. The molecule has 0 saturated carbocycles. The molecule has 12 nitrogen and oxygen atoms in total. The van der Waals surface area contributed by atoms with Gasteiger partial charge in [0.05, 0.1) is 38.2 Å². The fourth-order valence-electron chi connectivity index (χ4n) is 6.43. The number of carbonyl (C=O) groups is 2. The zero-order valence-corrected chi connectivity index (χ0v) is 27.2. The normalized spacial score (nSPS) is 14.8. The first-order valence-electron chi connectivity index (χ1n) is 16.1. The molecule has 252 valence electrons. The van der Waals surface area contributed by atoms with E-state index in [-0.39, 0.29) is 37.4 Å². The van der Waals surface area contributed by atoms with E-state index in [0.717, 1.165) is 11.3 Å². The summed E-state index contributed by atoms with van der Waals surface area (Å²) < 4.78 is 29.2. The first kappa shape index (κ1) is 31.7. The summed E-state index contributed by atoms with van der Waals surface area (Å²) >= 11 is 0. The van der Waals surface area contributed by atoms with Gasteiger partial charge >= 0.3 is 0 Å². The maximum atomic E-state index is 16.6. The van der Waals surface area contributed by atoms with Crippen LogP contribution in [0.5, 0.6) is 11.6 Å². The number of fused-ring (bicyclic) bond motifs is 1. The smallest absolute Gasteiger partial charge is 0.270 e. The Morgan fingerprint density at radius 1 is 1.00 bits per heavy atom. The van der Waals surface area contributed by atoms with Crippen LogP contribution in [0.3, 0.4) is 0 Å².